The van der Waals surface area contributed by atoms with Gasteiger partial charge in [0.25, 0.3) is 5.91 Å². The van der Waals surface area contributed by atoms with Crippen molar-refractivity contribution in [2.45, 2.75) is 19.4 Å². The molecule has 8 heteroatoms. The van der Waals surface area contributed by atoms with Gasteiger partial charge in [-0.05, 0) is 53.9 Å². The number of nitrogens with one attached hydrogen (secondary N) is 2. The number of fused-ring (bicyclic) bond motifs is 2. The van der Waals surface area contributed by atoms with Crippen molar-refractivity contribution in [1.29, 1.82) is 0 Å². The Labute approximate surface area is 207 Å². The van der Waals surface area contributed by atoms with Gasteiger partial charge in [-0.15, -0.1) is 0 Å². The maximum Gasteiger partial charge on any atom is 0.251 e. The number of carbonyl (C=O) groups excluding carboxylic acids is 1. The lowest BCUT2D eigenvalue weighted by Gasteiger charge is -2.32. The molecule has 1 amide bonds. The molecule has 1 aromatic carbocycles. The zero-order valence-electron chi connectivity index (χ0n) is 19.0. The molecule has 0 radical (unpaired) electrons. The summed E-state index contributed by atoms with van der Waals surface area (Å²) < 4.78 is 0. The molecule has 0 bridgehead atoms. The molecule has 1 saturated heterocycles. The van der Waals surface area contributed by atoms with Crippen molar-refractivity contribution in [2.24, 2.45) is 0 Å². The van der Waals surface area contributed by atoms with Crippen LogP contribution in [0, 0.1) is 0 Å². The Hall–Kier alpha value is -3.97. The smallest absolute Gasteiger partial charge is 0.251 e. The Kier molecular flexibility index (Phi) is 5.54. The van der Waals surface area contributed by atoms with Crippen LogP contribution in [0.5, 0.6) is 0 Å². The Morgan fingerprint density at radius 2 is 1.94 bits per heavy atom. The van der Waals surface area contributed by atoms with Crippen molar-refractivity contribution in [2.75, 3.05) is 18.0 Å². The number of H-pyrrole nitrogens is 1. The first-order chi connectivity index (χ1) is 17.1. The number of aromatic nitrogens is 4. The lowest BCUT2D eigenvalue weighted by molar-refractivity contribution is 0.0950. The number of halogens is 1. The van der Waals surface area contributed by atoms with E-state index in [0.717, 1.165) is 51.8 Å². The van der Waals surface area contributed by atoms with Gasteiger partial charge in [-0.2, -0.15) is 0 Å². The maximum absolute atomic E-state index is 12.8. The van der Waals surface area contributed by atoms with Gasteiger partial charge < -0.3 is 15.2 Å². The number of carbonyl (C=O) groups is 1. The normalized spacial score (nSPS) is 13.2. The van der Waals surface area contributed by atoms with E-state index in [-0.39, 0.29) is 5.91 Å². The van der Waals surface area contributed by atoms with E-state index in [1.165, 1.54) is 12.1 Å². The van der Waals surface area contributed by atoms with E-state index in [9.17, 15) is 4.79 Å². The van der Waals surface area contributed by atoms with Crippen LogP contribution in [0.4, 0.5) is 5.69 Å². The predicted molar refractivity (Wildman–Crippen MR) is 138 cm³/mol. The summed E-state index contributed by atoms with van der Waals surface area (Å²) in [6, 6.07) is 14.0. The number of anilines is 1. The van der Waals surface area contributed by atoms with Crippen molar-refractivity contribution in [3.05, 3.63) is 94.7 Å². The van der Waals surface area contributed by atoms with Gasteiger partial charge in [0.2, 0.25) is 0 Å². The van der Waals surface area contributed by atoms with E-state index in [1.807, 2.05) is 24.4 Å². The predicted octanol–water partition coefficient (Wildman–Crippen LogP) is 4.89. The number of hydrogen-bond donors (Lipinski definition) is 2. The third-order valence-corrected chi connectivity index (χ3v) is 6.72. The molecule has 5 heterocycles. The van der Waals surface area contributed by atoms with Crippen molar-refractivity contribution in [1.82, 2.24) is 25.3 Å². The van der Waals surface area contributed by atoms with E-state index in [2.05, 4.69) is 48.4 Å². The molecule has 1 aliphatic heterocycles. The van der Waals surface area contributed by atoms with Gasteiger partial charge in [-0.25, -0.2) is 4.98 Å². The van der Waals surface area contributed by atoms with Crippen LogP contribution >= 0.6 is 11.6 Å². The quantitative estimate of drug-likeness (QED) is 0.360. The Morgan fingerprint density at radius 3 is 2.80 bits per heavy atom. The van der Waals surface area contributed by atoms with Gasteiger partial charge in [-0.1, -0.05) is 17.7 Å². The summed E-state index contributed by atoms with van der Waals surface area (Å²) >= 11 is 6.18. The third kappa shape index (κ3) is 4.42. The molecule has 1 fully saturated rings. The zero-order valence-corrected chi connectivity index (χ0v) is 19.7. The van der Waals surface area contributed by atoms with E-state index < -0.39 is 0 Å². The number of hydrogen-bond acceptors (Lipinski definition) is 5. The molecule has 4 aromatic heterocycles. The highest BCUT2D eigenvalue weighted by Gasteiger charge is 2.15. The molecule has 0 spiro atoms. The number of pyridine rings is 3. The Morgan fingerprint density at radius 1 is 1.03 bits per heavy atom. The average Bonchev–Trinajstić information content (AvgIpc) is 3.21. The molecular formula is C27H23ClN6O. The first-order valence-corrected chi connectivity index (χ1v) is 12.0. The standard InChI is InChI=1S/C27H23ClN6O/c28-24-16-32-26-23(24)10-18(13-31-26)14-33-27(35)19-4-5-29-21(11-19)9-17-2-3-25-20(8-17)12-22(15-30-25)34-6-1-7-34/h2-5,8,10-13,15-16H,1,6-7,9,14H2,(H,31,32)(H,33,35). The summed E-state index contributed by atoms with van der Waals surface area (Å²) in [4.78, 5) is 31.6. The summed E-state index contributed by atoms with van der Waals surface area (Å²) in [5.74, 6) is -0.157. The molecule has 7 nitrogen and oxygen atoms in total. The molecule has 0 aliphatic carbocycles. The Balaban J connectivity index is 1.15. The van der Waals surface area contributed by atoms with Crippen LogP contribution < -0.4 is 10.2 Å². The summed E-state index contributed by atoms with van der Waals surface area (Å²) in [7, 11) is 0. The minimum absolute atomic E-state index is 0.157. The molecule has 5 aromatic rings. The van der Waals surface area contributed by atoms with E-state index >= 15 is 0 Å². The van der Waals surface area contributed by atoms with Crippen LogP contribution in [-0.2, 0) is 13.0 Å². The second-order valence-electron chi connectivity index (χ2n) is 8.83. The van der Waals surface area contributed by atoms with Gasteiger partial charge in [-0.3, -0.25) is 14.8 Å². The van der Waals surface area contributed by atoms with Gasteiger partial charge in [0.15, 0.2) is 0 Å². The van der Waals surface area contributed by atoms with Crippen molar-refractivity contribution >= 4 is 45.1 Å². The van der Waals surface area contributed by atoms with Crippen LogP contribution in [-0.4, -0.2) is 38.9 Å². The van der Waals surface area contributed by atoms with Crippen LogP contribution in [0.3, 0.4) is 0 Å². The summed E-state index contributed by atoms with van der Waals surface area (Å²) in [5, 5.41) is 5.53. The number of benzene rings is 1. The fourth-order valence-electron chi connectivity index (χ4n) is 4.35. The lowest BCUT2D eigenvalue weighted by atomic mass is 10.0. The van der Waals surface area contributed by atoms with Crippen molar-refractivity contribution in [3.63, 3.8) is 0 Å². The number of amides is 1. The molecule has 0 atom stereocenters. The summed E-state index contributed by atoms with van der Waals surface area (Å²) in [6.45, 7) is 2.55. The SMILES string of the molecule is O=C(NCc1cnc2[nH]cc(Cl)c2c1)c1ccnc(Cc2ccc3ncc(N4CCC4)cc3c2)c1. The topological polar surface area (TPSA) is 86.8 Å². The number of rotatable bonds is 6. The average molecular weight is 483 g/mol. The fraction of sp³-hybridized carbons (Fsp3) is 0.185. The van der Waals surface area contributed by atoms with E-state index in [4.69, 9.17) is 11.6 Å². The van der Waals surface area contributed by atoms with Crippen LogP contribution in [0.1, 0.15) is 33.6 Å². The van der Waals surface area contributed by atoms with E-state index in [0.29, 0.717) is 23.6 Å². The second-order valence-corrected chi connectivity index (χ2v) is 9.24. The Bertz CT molecular complexity index is 1560. The first kappa shape index (κ1) is 21.6. The minimum atomic E-state index is -0.157. The molecule has 1 aliphatic rings. The molecule has 2 N–H and O–H groups in total. The van der Waals surface area contributed by atoms with Gasteiger partial charge >= 0.3 is 0 Å². The largest absolute Gasteiger partial charge is 0.370 e. The zero-order chi connectivity index (χ0) is 23.8. The van der Waals surface area contributed by atoms with Crippen LogP contribution in [0.15, 0.2) is 67.3 Å². The fourth-order valence-corrected chi connectivity index (χ4v) is 4.55. The van der Waals surface area contributed by atoms with Gasteiger partial charge in [0.1, 0.15) is 5.65 Å². The molecule has 174 valence electrons. The number of nitrogens with zero attached hydrogens (tertiary/aromatic N) is 4. The maximum atomic E-state index is 12.8. The molecule has 6 rings (SSSR count). The summed E-state index contributed by atoms with van der Waals surface area (Å²) in [5.41, 5.74) is 6.30. The van der Waals surface area contributed by atoms with Gasteiger partial charge in [0.05, 0.1) is 22.4 Å². The highest BCUT2D eigenvalue weighted by molar-refractivity contribution is 6.35. The second kappa shape index (κ2) is 9.00. The van der Waals surface area contributed by atoms with Gasteiger partial charge in [0, 0.05) is 66.7 Å². The van der Waals surface area contributed by atoms with E-state index in [1.54, 1.807) is 24.7 Å². The lowest BCUT2D eigenvalue weighted by Crippen LogP contribution is -2.36. The molecular weight excluding hydrogens is 460 g/mol. The molecule has 35 heavy (non-hydrogen) atoms. The highest BCUT2D eigenvalue weighted by Crippen LogP contribution is 2.25. The minimum Gasteiger partial charge on any atom is -0.370 e. The molecule has 0 saturated carbocycles. The molecule has 0 unspecified atom stereocenters. The third-order valence-electron chi connectivity index (χ3n) is 6.41. The van der Waals surface area contributed by atoms with Crippen molar-refractivity contribution < 1.29 is 4.79 Å². The number of aromatic amines is 1. The van der Waals surface area contributed by atoms with Crippen molar-refractivity contribution in [3.8, 4) is 0 Å². The first-order valence-electron chi connectivity index (χ1n) is 11.6. The summed E-state index contributed by atoms with van der Waals surface area (Å²) in [6.07, 6.45) is 8.94. The van der Waals surface area contributed by atoms with Crippen LogP contribution in [0.25, 0.3) is 21.9 Å². The monoisotopic (exact) mass is 482 g/mol. The highest BCUT2D eigenvalue weighted by atomic mass is 35.5. The van der Waals surface area contributed by atoms with Crippen LogP contribution in [0.2, 0.25) is 5.02 Å².